The monoisotopic (exact) mass is 373 g/mol. The van der Waals surface area contributed by atoms with Gasteiger partial charge in [0.15, 0.2) is 0 Å². The van der Waals surface area contributed by atoms with Crippen molar-refractivity contribution in [2.24, 2.45) is 0 Å². The van der Waals surface area contributed by atoms with Crippen molar-refractivity contribution >= 4 is 21.9 Å². The third-order valence-corrected chi connectivity index (χ3v) is 2.99. The summed E-state index contributed by atoms with van der Waals surface area (Å²) in [5, 5.41) is 1.04. The van der Waals surface area contributed by atoms with E-state index in [0.29, 0.717) is 13.0 Å². The van der Waals surface area contributed by atoms with E-state index in [1.807, 2.05) is 6.92 Å². The fourth-order valence-corrected chi connectivity index (χ4v) is 2.52. The molecule has 0 aromatic rings. The van der Waals surface area contributed by atoms with Crippen molar-refractivity contribution in [3.05, 3.63) is 0 Å². The number of esters is 1. The molecule has 3 nitrogen and oxygen atoms in total. The van der Waals surface area contributed by atoms with E-state index in [1.54, 1.807) is 0 Å². The first-order valence-corrected chi connectivity index (χ1v) is 7.17. The molecule has 0 N–H and O–H groups in total. The van der Waals surface area contributed by atoms with Gasteiger partial charge < -0.3 is 26.2 Å². The predicted molar refractivity (Wildman–Crippen MR) is 70.7 cm³/mol. The number of carbonyl (C=O) groups is 1. The van der Waals surface area contributed by atoms with Gasteiger partial charge in [-0.3, -0.25) is 4.79 Å². The fourth-order valence-electron chi connectivity index (χ4n) is 1.56. The van der Waals surface area contributed by atoms with Gasteiger partial charge in [0, 0.05) is 6.42 Å². The van der Waals surface area contributed by atoms with E-state index in [9.17, 15) is 4.79 Å². The highest BCUT2D eigenvalue weighted by atomic mass is 79.9. The SMILES string of the molecule is CCOC(=O)CCCCC[N+](C)(C)CCBr.[Br-]. The van der Waals surface area contributed by atoms with Gasteiger partial charge in [-0.05, 0) is 26.2 Å². The topological polar surface area (TPSA) is 26.3 Å². The van der Waals surface area contributed by atoms with Crippen LogP contribution in [0.5, 0.6) is 0 Å². The number of rotatable bonds is 9. The zero-order chi connectivity index (χ0) is 12.4. The molecule has 0 fully saturated rings. The van der Waals surface area contributed by atoms with Crippen LogP contribution >= 0.6 is 15.9 Å². The summed E-state index contributed by atoms with van der Waals surface area (Å²) < 4.78 is 5.93. The number of carbonyl (C=O) groups excluding carboxylic acids is 1. The molecule has 0 rings (SSSR count). The van der Waals surface area contributed by atoms with Crippen molar-refractivity contribution in [2.45, 2.75) is 32.6 Å². The van der Waals surface area contributed by atoms with Gasteiger partial charge in [-0.15, -0.1) is 0 Å². The first kappa shape index (κ1) is 19.7. The van der Waals surface area contributed by atoms with E-state index in [0.717, 1.165) is 29.2 Å². The molecule has 0 spiro atoms. The molecule has 0 radical (unpaired) electrons. The van der Waals surface area contributed by atoms with Crippen molar-refractivity contribution < 1.29 is 31.0 Å². The van der Waals surface area contributed by atoms with Crippen LogP contribution in [0.3, 0.4) is 0 Å². The van der Waals surface area contributed by atoms with Crippen LogP contribution in [0.25, 0.3) is 0 Å². The van der Waals surface area contributed by atoms with Gasteiger partial charge in [0.1, 0.15) is 0 Å². The van der Waals surface area contributed by atoms with Gasteiger partial charge in [-0.1, -0.05) is 15.9 Å². The van der Waals surface area contributed by atoms with E-state index < -0.39 is 0 Å². The van der Waals surface area contributed by atoms with Crippen LogP contribution in [0.15, 0.2) is 0 Å². The maximum absolute atomic E-state index is 11.1. The minimum atomic E-state index is -0.0586. The number of halogens is 2. The molecule has 5 heteroatoms. The lowest BCUT2D eigenvalue weighted by Gasteiger charge is -2.28. The van der Waals surface area contributed by atoms with E-state index >= 15 is 0 Å². The zero-order valence-corrected chi connectivity index (χ0v) is 14.3. The molecule has 0 aliphatic heterocycles. The summed E-state index contributed by atoms with van der Waals surface area (Å²) in [5.74, 6) is -0.0586. The van der Waals surface area contributed by atoms with Gasteiger partial charge in [-0.25, -0.2) is 0 Å². The zero-order valence-electron chi connectivity index (χ0n) is 11.2. The van der Waals surface area contributed by atoms with Gasteiger partial charge >= 0.3 is 5.97 Å². The Balaban J connectivity index is 0. The van der Waals surface area contributed by atoms with Crippen molar-refractivity contribution in [3.8, 4) is 0 Å². The van der Waals surface area contributed by atoms with Crippen LogP contribution in [0.1, 0.15) is 32.6 Å². The van der Waals surface area contributed by atoms with E-state index in [1.165, 1.54) is 13.0 Å². The Morgan fingerprint density at radius 3 is 2.35 bits per heavy atom. The summed E-state index contributed by atoms with van der Waals surface area (Å²) in [5.41, 5.74) is 0. The third-order valence-electron chi connectivity index (χ3n) is 2.64. The number of hydrogen-bond donors (Lipinski definition) is 0. The van der Waals surface area contributed by atoms with E-state index in [-0.39, 0.29) is 23.0 Å². The van der Waals surface area contributed by atoms with Crippen molar-refractivity contribution in [1.29, 1.82) is 0 Å². The molecule has 0 heterocycles. The molecular weight excluding hydrogens is 350 g/mol. The summed E-state index contributed by atoms with van der Waals surface area (Å²) in [4.78, 5) is 11.1. The fraction of sp³-hybridized carbons (Fsp3) is 0.917. The Labute approximate surface area is 124 Å². The normalized spacial score (nSPS) is 10.8. The molecule has 0 aliphatic rings. The second-order valence-electron chi connectivity index (χ2n) is 4.69. The van der Waals surface area contributed by atoms with Gasteiger partial charge in [-0.2, -0.15) is 0 Å². The molecule has 0 saturated carbocycles. The Hall–Kier alpha value is 0.390. The molecule has 0 unspecified atom stereocenters. The molecule has 0 saturated heterocycles. The van der Waals surface area contributed by atoms with Crippen LogP contribution in [-0.4, -0.2) is 49.6 Å². The number of alkyl halides is 1. The quantitative estimate of drug-likeness (QED) is 0.237. The minimum Gasteiger partial charge on any atom is -1.00 e. The largest absolute Gasteiger partial charge is 1.00 e. The molecule has 0 amide bonds. The van der Waals surface area contributed by atoms with Crippen molar-refractivity contribution in [1.82, 2.24) is 0 Å². The Bertz CT molecular complexity index is 199. The second kappa shape index (κ2) is 11.5. The second-order valence-corrected chi connectivity index (χ2v) is 5.48. The lowest BCUT2D eigenvalue weighted by atomic mass is 10.2. The highest BCUT2D eigenvalue weighted by Gasteiger charge is 2.12. The van der Waals surface area contributed by atoms with Gasteiger partial charge in [0.05, 0.1) is 39.1 Å². The maximum atomic E-state index is 11.1. The Kier molecular flexibility index (Phi) is 13.3. The van der Waals surface area contributed by atoms with Crippen molar-refractivity contribution in [3.63, 3.8) is 0 Å². The molecule has 0 aromatic carbocycles. The van der Waals surface area contributed by atoms with Crippen LogP contribution in [0, 0.1) is 0 Å². The maximum Gasteiger partial charge on any atom is 0.305 e. The average molecular weight is 375 g/mol. The molecule has 0 aromatic heterocycles. The number of unbranched alkanes of at least 4 members (excludes halogenated alkanes) is 2. The van der Waals surface area contributed by atoms with Crippen molar-refractivity contribution in [2.75, 3.05) is 39.1 Å². The highest BCUT2D eigenvalue weighted by molar-refractivity contribution is 9.09. The average Bonchev–Trinajstić information content (AvgIpc) is 2.17. The first-order chi connectivity index (χ1) is 7.52. The molecule has 0 bridgehead atoms. The smallest absolute Gasteiger partial charge is 0.305 e. The molecule has 104 valence electrons. The van der Waals surface area contributed by atoms with E-state index in [2.05, 4.69) is 30.0 Å². The summed E-state index contributed by atoms with van der Waals surface area (Å²) in [6.45, 7) is 4.67. The molecule has 0 aliphatic carbocycles. The molecule has 0 atom stereocenters. The summed E-state index contributed by atoms with van der Waals surface area (Å²) >= 11 is 3.47. The lowest BCUT2D eigenvalue weighted by molar-refractivity contribution is -0.887. The number of nitrogens with zero attached hydrogens (tertiary/aromatic N) is 1. The number of quaternary nitrogens is 1. The van der Waals surface area contributed by atoms with Crippen LogP contribution in [0.2, 0.25) is 0 Å². The summed E-state index contributed by atoms with van der Waals surface area (Å²) in [6.07, 6.45) is 3.81. The van der Waals surface area contributed by atoms with E-state index in [4.69, 9.17) is 4.74 Å². The Morgan fingerprint density at radius 1 is 1.18 bits per heavy atom. The summed E-state index contributed by atoms with van der Waals surface area (Å²) in [6, 6.07) is 0. The van der Waals surface area contributed by atoms with Gasteiger partial charge in [0.25, 0.3) is 0 Å². The summed E-state index contributed by atoms with van der Waals surface area (Å²) in [7, 11) is 4.49. The minimum absolute atomic E-state index is 0. The highest BCUT2D eigenvalue weighted by Crippen LogP contribution is 2.06. The van der Waals surface area contributed by atoms with Gasteiger partial charge in [0.2, 0.25) is 0 Å². The lowest BCUT2D eigenvalue weighted by Crippen LogP contribution is -3.00. The number of ether oxygens (including phenoxy) is 1. The van der Waals surface area contributed by atoms with Crippen LogP contribution < -0.4 is 17.0 Å². The number of hydrogen-bond acceptors (Lipinski definition) is 2. The standard InChI is InChI=1S/C12H25BrNO2.BrH/c1-4-16-12(15)8-6-5-7-10-14(2,3)11-9-13;/h4-11H2,1-3H3;1H/q+1;/p-1. The van der Waals surface area contributed by atoms with Crippen LogP contribution in [-0.2, 0) is 9.53 Å². The van der Waals surface area contributed by atoms with Crippen LogP contribution in [0.4, 0.5) is 0 Å². The third kappa shape index (κ3) is 12.6. The first-order valence-electron chi connectivity index (χ1n) is 6.05. The Morgan fingerprint density at radius 2 is 1.82 bits per heavy atom. The molecular formula is C12H25Br2NO2. The molecule has 17 heavy (non-hydrogen) atoms. The predicted octanol–water partition coefficient (Wildman–Crippen LogP) is -0.415.